The maximum absolute atomic E-state index is 12.6. The number of aryl methyl sites for hydroxylation is 1. The molecule has 2 aromatic heterocycles. The third kappa shape index (κ3) is 4.29. The first-order valence-electron chi connectivity index (χ1n) is 10.3. The summed E-state index contributed by atoms with van der Waals surface area (Å²) in [4.78, 5) is 27.2. The van der Waals surface area contributed by atoms with E-state index in [9.17, 15) is 4.79 Å². The topological polar surface area (TPSA) is 112 Å². The largest absolute Gasteiger partial charge is 0.381 e. The van der Waals surface area contributed by atoms with Crippen molar-refractivity contribution >= 4 is 12.0 Å². The van der Waals surface area contributed by atoms with Crippen LogP contribution in [0.15, 0.2) is 23.0 Å². The minimum absolute atomic E-state index is 0.00498. The van der Waals surface area contributed by atoms with Gasteiger partial charge in [0.25, 0.3) is 5.56 Å². The molecule has 2 aromatic rings. The van der Waals surface area contributed by atoms with Crippen LogP contribution in [0.4, 0.5) is 5.82 Å². The van der Waals surface area contributed by atoms with E-state index in [1.807, 2.05) is 18.3 Å². The number of quaternary nitrogens is 1. The fraction of sp³-hybridized carbons (Fsp3) is 0.524. The number of aromatic amines is 1. The van der Waals surface area contributed by atoms with Crippen LogP contribution in [0.2, 0.25) is 0 Å². The quantitative estimate of drug-likeness (QED) is 0.630. The number of likely N-dealkylation sites (tertiary alicyclic amines) is 1. The summed E-state index contributed by atoms with van der Waals surface area (Å²) >= 11 is 0. The van der Waals surface area contributed by atoms with Crippen molar-refractivity contribution in [3.8, 4) is 0 Å². The molecule has 0 radical (unpaired) electrons. The molecule has 8 heteroatoms. The van der Waals surface area contributed by atoms with Crippen molar-refractivity contribution < 1.29 is 10.1 Å². The van der Waals surface area contributed by atoms with Gasteiger partial charge in [-0.05, 0) is 26.0 Å². The first kappa shape index (κ1) is 19.9. The van der Waals surface area contributed by atoms with Crippen molar-refractivity contribution in [1.82, 2.24) is 19.9 Å². The van der Waals surface area contributed by atoms with Crippen molar-refractivity contribution in [2.75, 3.05) is 26.3 Å². The molecule has 2 aliphatic heterocycles. The average molecular weight is 398 g/mol. The average Bonchev–Trinajstić information content (AvgIpc) is 2.67. The monoisotopic (exact) mass is 397 g/mol. The molecule has 2 fully saturated rings. The maximum atomic E-state index is 12.6. The predicted octanol–water partition coefficient (Wildman–Crippen LogP) is 1.01. The van der Waals surface area contributed by atoms with Gasteiger partial charge in [-0.1, -0.05) is 6.07 Å². The second kappa shape index (κ2) is 8.52. The van der Waals surface area contributed by atoms with Gasteiger partial charge < -0.3 is 15.1 Å². The molecule has 4 N–H and O–H groups in total. The fourth-order valence-electron chi connectivity index (χ4n) is 4.07. The zero-order chi connectivity index (χ0) is 20.4. The summed E-state index contributed by atoms with van der Waals surface area (Å²) in [5, 5.41) is 9.69. The minimum atomic E-state index is -0.243. The Morgan fingerprint density at radius 1 is 1.31 bits per heavy atom. The molecule has 8 nitrogen and oxygen atoms in total. The summed E-state index contributed by atoms with van der Waals surface area (Å²) in [5.74, 6) is 1.70. The number of pyridine rings is 1. The number of hydrogen-bond donors (Lipinski definition) is 3. The number of hydrogen-bond acceptors (Lipinski definition) is 6. The molecule has 1 atom stereocenters. The third-order valence-corrected chi connectivity index (χ3v) is 5.99. The van der Waals surface area contributed by atoms with Crippen LogP contribution >= 0.6 is 0 Å². The van der Waals surface area contributed by atoms with Gasteiger partial charge in [-0.2, -0.15) is 4.98 Å². The van der Waals surface area contributed by atoms with Crippen molar-refractivity contribution in [2.24, 2.45) is 0 Å². The molecule has 0 aliphatic carbocycles. The highest BCUT2D eigenvalue weighted by atomic mass is 16.5. The van der Waals surface area contributed by atoms with E-state index < -0.39 is 0 Å². The van der Waals surface area contributed by atoms with Crippen LogP contribution in [0.1, 0.15) is 54.5 Å². The second-order valence-corrected chi connectivity index (χ2v) is 8.04. The first-order valence-corrected chi connectivity index (χ1v) is 10.3. The van der Waals surface area contributed by atoms with Crippen molar-refractivity contribution in [1.29, 1.82) is 5.41 Å². The summed E-state index contributed by atoms with van der Waals surface area (Å²) in [7, 11) is 0. The third-order valence-electron chi connectivity index (χ3n) is 5.99. The number of H-pyrrole nitrogens is 1. The fourth-order valence-corrected chi connectivity index (χ4v) is 4.07. The number of rotatable bonds is 6. The number of aromatic nitrogens is 3. The molecule has 0 spiro atoms. The molecule has 29 heavy (non-hydrogen) atoms. The van der Waals surface area contributed by atoms with E-state index in [0.717, 1.165) is 56.7 Å². The second-order valence-electron chi connectivity index (χ2n) is 8.04. The van der Waals surface area contributed by atoms with Crippen LogP contribution in [0, 0.1) is 12.3 Å². The van der Waals surface area contributed by atoms with Gasteiger partial charge in [-0.3, -0.25) is 20.0 Å². The SMILES string of the molecule is Cc1cccc(C2CN([C@H](C)c3nc([NH2+]C4CCOCC4)c(C=N)c(=O)[nH]3)C2)n1. The van der Waals surface area contributed by atoms with Crippen molar-refractivity contribution in [2.45, 2.75) is 44.7 Å². The van der Waals surface area contributed by atoms with E-state index in [2.05, 4.69) is 33.9 Å². The van der Waals surface area contributed by atoms with Gasteiger partial charge in [-0.15, -0.1) is 0 Å². The Hall–Kier alpha value is -2.42. The minimum Gasteiger partial charge on any atom is -0.381 e. The molecule has 2 saturated heterocycles. The van der Waals surface area contributed by atoms with Crippen LogP contribution in [-0.2, 0) is 4.74 Å². The van der Waals surface area contributed by atoms with Crippen LogP contribution in [0.3, 0.4) is 0 Å². The Morgan fingerprint density at radius 2 is 2.07 bits per heavy atom. The van der Waals surface area contributed by atoms with E-state index in [1.54, 1.807) is 0 Å². The molecule has 0 aromatic carbocycles. The lowest BCUT2D eigenvalue weighted by atomic mass is 9.93. The molecule has 0 amide bonds. The lowest BCUT2D eigenvalue weighted by molar-refractivity contribution is -0.619. The molecule has 0 bridgehead atoms. The number of nitrogens with zero attached hydrogens (tertiary/aromatic N) is 3. The molecule has 0 unspecified atom stereocenters. The normalized spacial score (nSPS) is 19.7. The Balaban J connectivity index is 1.49. The van der Waals surface area contributed by atoms with Crippen LogP contribution in [-0.4, -0.2) is 58.4 Å². The van der Waals surface area contributed by atoms with Crippen LogP contribution in [0.5, 0.6) is 0 Å². The van der Waals surface area contributed by atoms with E-state index >= 15 is 0 Å². The Morgan fingerprint density at radius 3 is 2.76 bits per heavy atom. The van der Waals surface area contributed by atoms with E-state index in [4.69, 9.17) is 15.1 Å². The maximum Gasteiger partial charge on any atom is 0.266 e. The Labute approximate surface area is 170 Å². The van der Waals surface area contributed by atoms with Crippen LogP contribution < -0.4 is 10.9 Å². The van der Waals surface area contributed by atoms with Gasteiger partial charge in [0.05, 0.1) is 25.3 Å². The Kier molecular flexibility index (Phi) is 5.84. The molecule has 4 heterocycles. The molecule has 0 saturated carbocycles. The lowest BCUT2D eigenvalue weighted by Crippen LogP contribution is -2.86. The molecular weight excluding hydrogens is 368 g/mol. The Bertz CT molecular complexity index is 931. The first-order chi connectivity index (χ1) is 14.0. The van der Waals surface area contributed by atoms with E-state index in [1.165, 1.54) is 0 Å². The summed E-state index contributed by atoms with van der Waals surface area (Å²) in [6.45, 7) is 7.34. The predicted molar refractivity (Wildman–Crippen MR) is 110 cm³/mol. The number of ether oxygens (including phenoxy) is 1. The van der Waals surface area contributed by atoms with Gasteiger partial charge in [0, 0.05) is 49.5 Å². The summed E-state index contributed by atoms with van der Waals surface area (Å²) < 4.78 is 5.42. The standard InChI is InChI=1S/C21H28N6O2/c1-13-4-3-5-18(23-13)15-11-27(12-15)14(2)19-25-20(17(10-22)21(28)26-19)24-16-6-8-29-9-7-16/h3-5,10,14-16,22H,6-9,11-12H2,1-2H3,(H2,24,25,26,28)/p+1/t14-/m1/s1. The number of nitrogens with one attached hydrogen (secondary N) is 2. The van der Waals surface area contributed by atoms with Gasteiger partial charge in [0.1, 0.15) is 11.4 Å². The zero-order valence-electron chi connectivity index (χ0n) is 17.0. The smallest absolute Gasteiger partial charge is 0.266 e. The number of nitrogens with two attached hydrogens (primary N) is 1. The molecule has 2 aliphatic rings. The zero-order valence-corrected chi connectivity index (χ0v) is 17.0. The molecule has 4 rings (SSSR count). The van der Waals surface area contributed by atoms with Gasteiger partial charge in [0.2, 0.25) is 5.82 Å². The highest BCUT2D eigenvalue weighted by Crippen LogP contribution is 2.32. The summed E-state index contributed by atoms with van der Waals surface area (Å²) in [6, 6.07) is 6.49. The van der Waals surface area contributed by atoms with Gasteiger partial charge in [-0.25, -0.2) is 0 Å². The van der Waals surface area contributed by atoms with Gasteiger partial charge >= 0.3 is 0 Å². The van der Waals surface area contributed by atoms with Crippen molar-refractivity contribution in [3.05, 3.63) is 51.3 Å². The highest BCUT2D eigenvalue weighted by molar-refractivity contribution is 5.80. The summed E-state index contributed by atoms with van der Waals surface area (Å²) in [5.41, 5.74) is 2.25. The summed E-state index contributed by atoms with van der Waals surface area (Å²) in [6.07, 6.45) is 2.96. The highest BCUT2D eigenvalue weighted by Gasteiger charge is 2.34. The molecule has 154 valence electrons. The lowest BCUT2D eigenvalue weighted by Gasteiger charge is -2.42. The van der Waals surface area contributed by atoms with E-state index in [-0.39, 0.29) is 11.6 Å². The van der Waals surface area contributed by atoms with Crippen molar-refractivity contribution in [3.63, 3.8) is 0 Å². The van der Waals surface area contributed by atoms with Crippen LogP contribution in [0.25, 0.3) is 0 Å². The molecular formula is C21H29N6O2+. The van der Waals surface area contributed by atoms with E-state index in [0.29, 0.717) is 29.2 Å². The van der Waals surface area contributed by atoms with Gasteiger partial charge in [0.15, 0.2) is 0 Å².